The van der Waals surface area contributed by atoms with Gasteiger partial charge >= 0.3 is 11.9 Å². The lowest BCUT2D eigenvalue weighted by atomic mass is 9.75. The average Bonchev–Trinajstić information content (AvgIpc) is 2.80. The molecule has 6 nitrogen and oxygen atoms in total. The largest absolute Gasteiger partial charge is 0.460 e. The van der Waals surface area contributed by atoms with Crippen molar-refractivity contribution in [1.82, 2.24) is 0 Å². The SMILES string of the molecule is CC(C)[C@@H]1CC[C@@H](C)C[C@H]1OC(=O)COC(=O)c1cccc2c1C(=O)c1ccccc1C2=O. The number of carbonyl (C=O) groups is 4. The van der Waals surface area contributed by atoms with Crippen LogP contribution in [0.5, 0.6) is 0 Å². The number of rotatable bonds is 5. The Labute approximate surface area is 193 Å². The molecule has 0 amide bonds. The van der Waals surface area contributed by atoms with Crippen molar-refractivity contribution < 1.29 is 28.7 Å². The van der Waals surface area contributed by atoms with Crippen LogP contribution in [0.25, 0.3) is 0 Å². The van der Waals surface area contributed by atoms with Crippen LogP contribution in [-0.2, 0) is 14.3 Å². The van der Waals surface area contributed by atoms with E-state index in [0.29, 0.717) is 17.4 Å². The zero-order valence-electron chi connectivity index (χ0n) is 19.1. The van der Waals surface area contributed by atoms with Crippen LogP contribution in [0.3, 0.4) is 0 Å². The molecule has 172 valence electrons. The number of esters is 2. The predicted octanol–water partition coefficient (Wildman–Crippen LogP) is 4.62. The van der Waals surface area contributed by atoms with E-state index in [1.165, 1.54) is 18.2 Å². The molecule has 1 fully saturated rings. The molecule has 2 aliphatic carbocycles. The van der Waals surface area contributed by atoms with Crippen LogP contribution in [0.2, 0.25) is 0 Å². The highest BCUT2D eigenvalue weighted by molar-refractivity contribution is 6.30. The molecular formula is C27H28O6. The molecule has 2 aromatic rings. The van der Waals surface area contributed by atoms with Gasteiger partial charge in [0.1, 0.15) is 6.10 Å². The fourth-order valence-electron chi connectivity index (χ4n) is 4.97. The molecule has 2 aliphatic rings. The van der Waals surface area contributed by atoms with Crippen LogP contribution in [0, 0.1) is 17.8 Å². The van der Waals surface area contributed by atoms with E-state index in [1.54, 1.807) is 24.3 Å². The lowest BCUT2D eigenvalue weighted by Crippen LogP contribution is -2.36. The third kappa shape index (κ3) is 4.47. The van der Waals surface area contributed by atoms with Crippen molar-refractivity contribution in [2.24, 2.45) is 17.8 Å². The summed E-state index contributed by atoms with van der Waals surface area (Å²) < 4.78 is 10.9. The quantitative estimate of drug-likeness (QED) is 0.529. The van der Waals surface area contributed by atoms with Crippen LogP contribution >= 0.6 is 0 Å². The zero-order chi connectivity index (χ0) is 23.7. The Hall–Kier alpha value is -3.28. The number of fused-ring (bicyclic) bond motifs is 2. The summed E-state index contributed by atoms with van der Waals surface area (Å²) in [6, 6.07) is 11.0. The maximum absolute atomic E-state index is 13.1. The van der Waals surface area contributed by atoms with Gasteiger partial charge in [0.05, 0.1) is 5.56 Å². The van der Waals surface area contributed by atoms with Crippen LogP contribution in [0.1, 0.15) is 82.2 Å². The summed E-state index contributed by atoms with van der Waals surface area (Å²) in [6.07, 6.45) is 2.72. The summed E-state index contributed by atoms with van der Waals surface area (Å²) in [4.78, 5) is 51.2. The number of ketones is 2. The standard InChI is InChI=1S/C27H28O6/c1-15(2)17-12-11-16(3)13-22(17)33-23(28)14-32-27(31)21-10-6-9-20-24(21)26(30)19-8-5-4-7-18(19)25(20)29/h4-10,15-17,22H,11-14H2,1-3H3/t16-,17+,22-/m1/s1. The van der Waals surface area contributed by atoms with Gasteiger partial charge in [-0.05, 0) is 36.7 Å². The van der Waals surface area contributed by atoms with Crippen LogP contribution in [0.15, 0.2) is 42.5 Å². The molecule has 0 unspecified atom stereocenters. The summed E-state index contributed by atoms with van der Waals surface area (Å²) >= 11 is 0. The predicted molar refractivity (Wildman–Crippen MR) is 121 cm³/mol. The Morgan fingerprint density at radius 3 is 2.30 bits per heavy atom. The second-order valence-electron chi connectivity index (χ2n) is 9.36. The Morgan fingerprint density at radius 2 is 1.61 bits per heavy atom. The summed E-state index contributed by atoms with van der Waals surface area (Å²) in [6.45, 7) is 5.84. The molecule has 6 heteroatoms. The first-order valence-electron chi connectivity index (χ1n) is 11.5. The Balaban J connectivity index is 1.47. The van der Waals surface area contributed by atoms with E-state index in [-0.39, 0.29) is 40.1 Å². The molecule has 0 saturated heterocycles. The molecule has 0 bridgehead atoms. The monoisotopic (exact) mass is 448 g/mol. The van der Waals surface area contributed by atoms with Crippen molar-refractivity contribution in [2.45, 2.75) is 46.1 Å². The normalized spacial score (nSPS) is 21.9. The third-order valence-electron chi connectivity index (χ3n) is 6.74. The van der Waals surface area contributed by atoms with E-state index in [2.05, 4.69) is 20.8 Å². The van der Waals surface area contributed by atoms with Crippen LogP contribution < -0.4 is 0 Å². The molecule has 3 atom stereocenters. The molecule has 0 spiro atoms. The van der Waals surface area contributed by atoms with Crippen molar-refractivity contribution >= 4 is 23.5 Å². The molecule has 0 heterocycles. The van der Waals surface area contributed by atoms with Crippen molar-refractivity contribution in [3.05, 3.63) is 70.3 Å². The summed E-state index contributed by atoms with van der Waals surface area (Å²) in [7, 11) is 0. The number of ether oxygens (including phenoxy) is 2. The molecule has 0 radical (unpaired) electrons. The average molecular weight is 449 g/mol. The van der Waals surface area contributed by atoms with E-state index < -0.39 is 24.3 Å². The van der Waals surface area contributed by atoms with Gasteiger partial charge in [-0.15, -0.1) is 0 Å². The number of hydrogen-bond donors (Lipinski definition) is 0. The van der Waals surface area contributed by atoms with Crippen LogP contribution in [0.4, 0.5) is 0 Å². The van der Waals surface area contributed by atoms with Gasteiger partial charge in [-0.25, -0.2) is 9.59 Å². The van der Waals surface area contributed by atoms with E-state index in [0.717, 1.165) is 19.3 Å². The number of benzene rings is 2. The maximum atomic E-state index is 13.1. The molecule has 1 saturated carbocycles. The minimum absolute atomic E-state index is 0.0144. The van der Waals surface area contributed by atoms with E-state index in [1.807, 2.05) is 0 Å². The number of hydrogen-bond acceptors (Lipinski definition) is 6. The van der Waals surface area contributed by atoms with Gasteiger partial charge in [0, 0.05) is 22.3 Å². The summed E-state index contributed by atoms with van der Waals surface area (Å²) in [5, 5.41) is 0. The molecule has 0 N–H and O–H groups in total. The molecule has 0 aromatic heterocycles. The Kier molecular flexibility index (Phi) is 6.45. The maximum Gasteiger partial charge on any atom is 0.344 e. The minimum Gasteiger partial charge on any atom is -0.460 e. The fraction of sp³-hybridized carbons (Fsp3) is 0.407. The third-order valence-corrected chi connectivity index (χ3v) is 6.74. The smallest absolute Gasteiger partial charge is 0.344 e. The molecular weight excluding hydrogens is 420 g/mol. The summed E-state index contributed by atoms with van der Waals surface area (Å²) in [5.74, 6) is -1.02. The first-order valence-corrected chi connectivity index (χ1v) is 11.5. The van der Waals surface area contributed by atoms with Crippen LogP contribution in [-0.4, -0.2) is 36.2 Å². The fourth-order valence-corrected chi connectivity index (χ4v) is 4.97. The lowest BCUT2D eigenvalue weighted by molar-refractivity contribution is -0.159. The molecule has 33 heavy (non-hydrogen) atoms. The van der Waals surface area contributed by atoms with E-state index in [4.69, 9.17) is 9.47 Å². The Bertz CT molecular complexity index is 1120. The second kappa shape index (κ2) is 9.30. The van der Waals surface area contributed by atoms with Gasteiger partial charge in [-0.1, -0.05) is 63.6 Å². The molecule has 0 aliphatic heterocycles. The van der Waals surface area contributed by atoms with Gasteiger partial charge in [0.25, 0.3) is 0 Å². The highest BCUT2D eigenvalue weighted by Gasteiger charge is 2.35. The van der Waals surface area contributed by atoms with Gasteiger partial charge in [-0.2, -0.15) is 0 Å². The van der Waals surface area contributed by atoms with Crippen molar-refractivity contribution in [3.8, 4) is 0 Å². The van der Waals surface area contributed by atoms with Gasteiger partial charge in [0.15, 0.2) is 18.2 Å². The van der Waals surface area contributed by atoms with E-state index in [9.17, 15) is 19.2 Å². The molecule has 2 aromatic carbocycles. The highest BCUT2D eigenvalue weighted by atomic mass is 16.6. The highest BCUT2D eigenvalue weighted by Crippen LogP contribution is 2.35. The topological polar surface area (TPSA) is 86.7 Å². The number of carbonyl (C=O) groups excluding carboxylic acids is 4. The lowest BCUT2D eigenvalue weighted by Gasteiger charge is -2.36. The van der Waals surface area contributed by atoms with Gasteiger partial charge in [-0.3, -0.25) is 9.59 Å². The molecule has 4 rings (SSSR count). The van der Waals surface area contributed by atoms with Gasteiger partial charge in [0.2, 0.25) is 0 Å². The summed E-state index contributed by atoms with van der Waals surface area (Å²) in [5.41, 5.74) is 0.707. The second-order valence-corrected chi connectivity index (χ2v) is 9.36. The van der Waals surface area contributed by atoms with E-state index >= 15 is 0 Å². The minimum atomic E-state index is -0.832. The van der Waals surface area contributed by atoms with Crippen molar-refractivity contribution in [3.63, 3.8) is 0 Å². The van der Waals surface area contributed by atoms with Gasteiger partial charge < -0.3 is 9.47 Å². The first-order chi connectivity index (χ1) is 15.8. The van der Waals surface area contributed by atoms with Crippen molar-refractivity contribution in [1.29, 1.82) is 0 Å². The first kappa shape index (κ1) is 22.9. The Morgan fingerprint density at radius 1 is 0.939 bits per heavy atom. The van der Waals surface area contributed by atoms with Crippen molar-refractivity contribution in [2.75, 3.05) is 6.61 Å². The zero-order valence-corrected chi connectivity index (χ0v) is 19.1.